The molecule has 1 heterocycles. The number of azide groups is 1. The Bertz CT molecular complexity index is 664. The van der Waals surface area contributed by atoms with Crippen LogP contribution in [0, 0.1) is 5.92 Å². The first-order valence-corrected chi connectivity index (χ1v) is 10.5. The Labute approximate surface area is 177 Å². The van der Waals surface area contributed by atoms with Crippen molar-refractivity contribution in [1.82, 2.24) is 10.2 Å². The van der Waals surface area contributed by atoms with Gasteiger partial charge in [0.2, 0.25) is 5.91 Å². The number of nitrogens with one attached hydrogen (secondary N) is 1. The molecule has 2 rings (SSSR count). The van der Waals surface area contributed by atoms with Crippen LogP contribution in [0.2, 0.25) is 0 Å². The van der Waals surface area contributed by atoms with E-state index in [1.165, 1.54) is 6.92 Å². The molecular formula is C20H33N5O5. The van der Waals surface area contributed by atoms with Gasteiger partial charge in [-0.1, -0.05) is 11.2 Å². The van der Waals surface area contributed by atoms with Gasteiger partial charge in [0.1, 0.15) is 0 Å². The van der Waals surface area contributed by atoms with Crippen LogP contribution in [0.25, 0.3) is 10.4 Å². The molecule has 1 fully saturated rings. The number of amides is 1. The molecule has 4 atom stereocenters. The van der Waals surface area contributed by atoms with Gasteiger partial charge in [-0.15, -0.1) is 0 Å². The summed E-state index contributed by atoms with van der Waals surface area (Å²) in [6.07, 6.45) is 4.14. The first kappa shape index (κ1) is 24.1. The summed E-state index contributed by atoms with van der Waals surface area (Å²) in [5, 5.41) is 6.84. The summed E-state index contributed by atoms with van der Waals surface area (Å²) in [7, 11) is 1.64. The lowest BCUT2D eigenvalue weighted by Crippen LogP contribution is -2.59. The van der Waals surface area contributed by atoms with E-state index in [1.807, 2.05) is 6.08 Å². The Kier molecular flexibility index (Phi) is 10.1. The van der Waals surface area contributed by atoms with E-state index in [1.54, 1.807) is 14.0 Å². The molecule has 0 radical (unpaired) electrons. The van der Waals surface area contributed by atoms with Crippen LogP contribution in [0.4, 0.5) is 0 Å². The molecule has 1 aliphatic heterocycles. The molecule has 0 aromatic rings. The zero-order valence-corrected chi connectivity index (χ0v) is 18.1. The maximum atomic E-state index is 12.4. The SMILES string of the molecule is CCOC(=O)C1=C[C@@H](N2CCC[C@@H](COCCOC)C2)[C@H](NC(C)=O)C(N=[N+]=[N-])C1. The number of likely N-dealkylation sites (tertiary alicyclic amines) is 1. The van der Waals surface area contributed by atoms with Crippen LogP contribution < -0.4 is 5.32 Å². The molecule has 168 valence electrons. The molecular weight excluding hydrogens is 390 g/mol. The number of hydrogen-bond acceptors (Lipinski definition) is 7. The fourth-order valence-electron chi connectivity index (χ4n) is 4.16. The first-order valence-electron chi connectivity index (χ1n) is 10.5. The number of esters is 1. The van der Waals surface area contributed by atoms with Crippen LogP contribution in [0.5, 0.6) is 0 Å². The highest BCUT2D eigenvalue weighted by Crippen LogP contribution is 2.29. The molecule has 1 amide bonds. The van der Waals surface area contributed by atoms with E-state index >= 15 is 0 Å². The summed E-state index contributed by atoms with van der Waals surface area (Å²) < 4.78 is 15.9. The van der Waals surface area contributed by atoms with Crippen molar-refractivity contribution < 1.29 is 23.8 Å². The molecule has 0 bridgehead atoms. The van der Waals surface area contributed by atoms with Crippen molar-refractivity contribution in [2.24, 2.45) is 11.0 Å². The third-order valence-electron chi connectivity index (χ3n) is 5.45. The average Bonchev–Trinajstić information content (AvgIpc) is 2.72. The van der Waals surface area contributed by atoms with Gasteiger partial charge in [-0.25, -0.2) is 4.79 Å². The summed E-state index contributed by atoms with van der Waals surface area (Å²) in [5.74, 6) is -0.265. The van der Waals surface area contributed by atoms with Gasteiger partial charge < -0.3 is 19.5 Å². The van der Waals surface area contributed by atoms with Crippen molar-refractivity contribution in [3.05, 3.63) is 22.1 Å². The van der Waals surface area contributed by atoms with Crippen molar-refractivity contribution in [2.45, 2.75) is 51.2 Å². The van der Waals surface area contributed by atoms with E-state index in [0.29, 0.717) is 31.3 Å². The van der Waals surface area contributed by atoms with E-state index in [4.69, 9.17) is 19.7 Å². The Balaban J connectivity index is 2.22. The van der Waals surface area contributed by atoms with E-state index in [9.17, 15) is 9.59 Å². The van der Waals surface area contributed by atoms with Crippen molar-refractivity contribution in [3.63, 3.8) is 0 Å². The van der Waals surface area contributed by atoms with Gasteiger partial charge in [0.15, 0.2) is 0 Å². The minimum Gasteiger partial charge on any atom is -0.463 e. The quantitative estimate of drug-likeness (QED) is 0.188. The number of nitrogens with zero attached hydrogens (tertiary/aromatic N) is 4. The van der Waals surface area contributed by atoms with Crippen molar-refractivity contribution >= 4 is 11.9 Å². The van der Waals surface area contributed by atoms with Gasteiger partial charge in [-0.2, -0.15) is 0 Å². The zero-order valence-electron chi connectivity index (χ0n) is 18.1. The molecule has 0 saturated carbocycles. The Morgan fingerprint density at radius 3 is 2.87 bits per heavy atom. The second kappa shape index (κ2) is 12.5. The third-order valence-corrected chi connectivity index (χ3v) is 5.45. The maximum Gasteiger partial charge on any atom is 0.333 e. The summed E-state index contributed by atoms with van der Waals surface area (Å²) >= 11 is 0. The number of carbonyl (C=O) groups excluding carboxylic acids is 2. The largest absolute Gasteiger partial charge is 0.463 e. The highest BCUT2D eigenvalue weighted by Gasteiger charge is 2.40. The van der Waals surface area contributed by atoms with Crippen LogP contribution in [0.3, 0.4) is 0 Å². The molecule has 0 spiro atoms. The van der Waals surface area contributed by atoms with Gasteiger partial charge in [0.25, 0.3) is 0 Å². The molecule has 0 aromatic heterocycles. The lowest BCUT2D eigenvalue weighted by molar-refractivity contribution is -0.138. The highest BCUT2D eigenvalue weighted by atomic mass is 16.5. The minimum absolute atomic E-state index is 0.201. The Hall–Kier alpha value is -2.13. The molecule has 1 saturated heterocycles. The second-order valence-electron chi connectivity index (χ2n) is 7.68. The summed E-state index contributed by atoms with van der Waals surface area (Å²) in [6.45, 7) is 6.80. The number of rotatable bonds is 10. The van der Waals surface area contributed by atoms with Crippen molar-refractivity contribution in [3.8, 4) is 0 Å². The number of carbonyl (C=O) groups is 2. The maximum absolute atomic E-state index is 12.4. The summed E-state index contributed by atoms with van der Waals surface area (Å²) in [5.41, 5.74) is 9.53. The molecule has 1 unspecified atom stereocenters. The van der Waals surface area contributed by atoms with Gasteiger partial charge in [0.05, 0.1) is 38.5 Å². The average molecular weight is 424 g/mol. The highest BCUT2D eigenvalue weighted by molar-refractivity contribution is 5.89. The number of methoxy groups -OCH3 is 1. The topological polar surface area (TPSA) is 126 Å². The standard InChI is InChI=1S/C20H33N5O5/c1-4-30-20(27)16-10-17(23-24-21)19(22-14(2)26)18(11-16)25-7-5-6-15(12-25)13-29-9-8-28-3/h11,15,17-19H,4-10,12-13H2,1-3H3,(H,22,26)/t15-,17?,18-,19-/m1/s1. The van der Waals surface area contributed by atoms with Gasteiger partial charge >= 0.3 is 5.97 Å². The number of hydrogen-bond donors (Lipinski definition) is 1. The van der Waals surface area contributed by atoms with E-state index in [-0.39, 0.29) is 25.0 Å². The second-order valence-corrected chi connectivity index (χ2v) is 7.68. The Morgan fingerprint density at radius 2 is 2.20 bits per heavy atom. The lowest BCUT2D eigenvalue weighted by Gasteiger charge is -2.44. The van der Waals surface area contributed by atoms with Gasteiger partial charge in [-0.05, 0) is 44.2 Å². The number of piperidine rings is 1. The molecule has 0 aromatic carbocycles. The summed E-state index contributed by atoms with van der Waals surface area (Å²) in [4.78, 5) is 29.5. The fourth-order valence-corrected chi connectivity index (χ4v) is 4.16. The minimum atomic E-state index is -0.563. The van der Waals surface area contributed by atoms with Gasteiger partial charge in [-0.3, -0.25) is 9.69 Å². The van der Waals surface area contributed by atoms with Crippen molar-refractivity contribution in [2.75, 3.05) is 46.6 Å². The monoisotopic (exact) mass is 423 g/mol. The molecule has 10 heteroatoms. The fraction of sp³-hybridized carbons (Fsp3) is 0.800. The molecule has 1 aliphatic carbocycles. The molecule has 10 nitrogen and oxygen atoms in total. The molecule has 2 aliphatic rings. The van der Waals surface area contributed by atoms with Gasteiger partial charge in [0, 0.05) is 37.1 Å². The molecule has 1 N–H and O–H groups in total. The third kappa shape index (κ3) is 6.98. The zero-order chi connectivity index (χ0) is 21.9. The summed E-state index contributed by atoms with van der Waals surface area (Å²) in [6, 6.07) is -1.24. The molecule has 30 heavy (non-hydrogen) atoms. The Morgan fingerprint density at radius 1 is 1.40 bits per heavy atom. The van der Waals surface area contributed by atoms with E-state index in [2.05, 4.69) is 20.2 Å². The van der Waals surface area contributed by atoms with Crippen LogP contribution in [-0.4, -0.2) is 81.5 Å². The normalized spacial score (nSPS) is 27.0. The van der Waals surface area contributed by atoms with Crippen LogP contribution in [-0.2, 0) is 23.8 Å². The van der Waals surface area contributed by atoms with E-state index in [0.717, 1.165) is 25.9 Å². The smallest absolute Gasteiger partial charge is 0.333 e. The lowest BCUT2D eigenvalue weighted by atomic mass is 9.84. The first-order chi connectivity index (χ1) is 14.5. The van der Waals surface area contributed by atoms with Crippen LogP contribution in [0.1, 0.15) is 33.1 Å². The van der Waals surface area contributed by atoms with Crippen LogP contribution in [0.15, 0.2) is 16.8 Å². The van der Waals surface area contributed by atoms with E-state index < -0.39 is 18.1 Å². The van der Waals surface area contributed by atoms with Crippen LogP contribution >= 0.6 is 0 Å². The predicted molar refractivity (Wildman–Crippen MR) is 111 cm³/mol. The predicted octanol–water partition coefficient (Wildman–Crippen LogP) is 1.81. The number of ether oxygens (including phenoxy) is 3. The van der Waals surface area contributed by atoms with Crippen molar-refractivity contribution in [1.29, 1.82) is 0 Å².